The van der Waals surface area contributed by atoms with Crippen LogP contribution in [0.2, 0.25) is 5.02 Å². The molecule has 6 heteroatoms. The number of nitrogens with zero attached hydrogens (tertiary/aromatic N) is 2. The van der Waals surface area contributed by atoms with Crippen molar-refractivity contribution in [3.8, 4) is 5.75 Å². The molecular weight excluding hydrogens is 242 g/mol. The number of rotatable bonds is 4. The maximum atomic E-state index is 5.92. The Morgan fingerprint density at radius 3 is 2.94 bits per heavy atom. The van der Waals surface area contributed by atoms with Crippen molar-refractivity contribution in [3.63, 3.8) is 0 Å². The lowest BCUT2D eigenvalue weighted by Crippen LogP contribution is -2.01. The molecule has 0 amide bonds. The fourth-order valence-corrected chi connectivity index (χ4v) is 1.56. The monoisotopic (exact) mass is 253 g/mol. The number of hydrogen-bond donors (Lipinski definition) is 1. The first kappa shape index (κ1) is 11.7. The first-order valence-corrected chi connectivity index (χ1v) is 5.43. The van der Waals surface area contributed by atoms with Gasteiger partial charge < -0.3 is 14.6 Å². The van der Waals surface area contributed by atoms with Crippen LogP contribution >= 0.6 is 11.6 Å². The SMILES string of the molecule is COc1cc(NCc2noc(C)n2)ccc1Cl. The van der Waals surface area contributed by atoms with Crippen LogP contribution in [-0.2, 0) is 6.54 Å². The van der Waals surface area contributed by atoms with Crippen molar-refractivity contribution >= 4 is 17.3 Å². The molecule has 0 aliphatic rings. The Kier molecular flexibility index (Phi) is 3.49. The third-order valence-corrected chi connectivity index (χ3v) is 2.48. The average molecular weight is 254 g/mol. The Bertz CT molecular complexity index is 513. The zero-order valence-electron chi connectivity index (χ0n) is 9.53. The number of nitrogens with one attached hydrogen (secondary N) is 1. The van der Waals surface area contributed by atoms with Gasteiger partial charge in [-0.3, -0.25) is 0 Å². The van der Waals surface area contributed by atoms with Crippen LogP contribution in [0.4, 0.5) is 5.69 Å². The van der Waals surface area contributed by atoms with E-state index in [9.17, 15) is 0 Å². The van der Waals surface area contributed by atoms with Gasteiger partial charge in [0.2, 0.25) is 5.89 Å². The van der Waals surface area contributed by atoms with E-state index in [4.69, 9.17) is 20.9 Å². The summed E-state index contributed by atoms with van der Waals surface area (Å²) >= 11 is 5.92. The van der Waals surface area contributed by atoms with Crippen molar-refractivity contribution in [1.82, 2.24) is 10.1 Å². The van der Waals surface area contributed by atoms with Gasteiger partial charge in [-0.2, -0.15) is 4.98 Å². The van der Waals surface area contributed by atoms with Gasteiger partial charge in [-0.25, -0.2) is 0 Å². The van der Waals surface area contributed by atoms with E-state index in [0.717, 1.165) is 5.69 Å². The number of anilines is 1. The van der Waals surface area contributed by atoms with Crippen LogP contribution in [0.15, 0.2) is 22.7 Å². The molecule has 0 atom stereocenters. The number of aromatic nitrogens is 2. The third kappa shape index (κ3) is 2.88. The van der Waals surface area contributed by atoms with Crippen LogP contribution in [0.5, 0.6) is 5.75 Å². The standard InChI is InChI=1S/C11H12ClN3O2/c1-7-14-11(15-17-7)6-13-8-3-4-9(12)10(5-8)16-2/h3-5,13H,6H2,1-2H3. The predicted octanol–water partition coefficient (Wildman–Crippen LogP) is 2.65. The molecule has 0 radical (unpaired) electrons. The van der Waals surface area contributed by atoms with Gasteiger partial charge >= 0.3 is 0 Å². The molecule has 1 aromatic carbocycles. The maximum absolute atomic E-state index is 5.92. The zero-order chi connectivity index (χ0) is 12.3. The van der Waals surface area contributed by atoms with E-state index >= 15 is 0 Å². The van der Waals surface area contributed by atoms with E-state index in [1.54, 1.807) is 20.1 Å². The van der Waals surface area contributed by atoms with Gasteiger partial charge in [0.1, 0.15) is 5.75 Å². The summed E-state index contributed by atoms with van der Waals surface area (Å²) in [6.45, 7) is 2.24. The van der Waals surface area contributed by atoms with Crippen molar-refractivity contribution in [2.75, 3.05) is 12.4 Å². The van der Waals surface area contributed by atoms with Crippen molar-refractivity contribution in [1.29, 1.82) is 0 Å². The summed E-state index contributed by atoms with van der Waals surface area (Å²) < 4.78 is 9.99. The summed E-state index contributed by atoms with van der Waals surface area (Å²) in [6.07, 6.45) is 0. The summed E-state index contributed by atoms with van der Waals surface area (Å²) in [5.41, 5.74) is 0.883. The molecule has 2 aromatic rings. The molecule has 1 heterocycles. The minimum Gasteiger partial charge on any atom is -0.495 e. The molecule has 0 fully saturated rings. The van der Waals surface area contributed by atoms with Crippen LogP contribution in [0.25, 0.3) is 0 Å². The van der Waals surface area contributed by atoms with Crippen LogP contribution in [-0.4, -0.2) is 17.3 Å². The minimum atomic E-state index is 0.488. The second-order valence-electron chi connectivity index (χ2n) is 3.43. The minimum absolute atomic E-state index is 0.488. The first-order chi connectivity index (χ1) is 8.19. The quantitative estimate of drug-likeness (QED) is 0.908. The fraction of sp³-hybridized carbons (Fsp3) is 0.273. The van der Waals surface area contributed by atoms with Gasteiger partial charge in [0.15, 0.2) is 5.82 Å². The smallest absolute Gasteiger partial charge is 0.223 e. The third-order valence-electron chi connectivity index (χ3n) is 2.17. The lowest BCUT2D eigenvalue weighted by molar-refractivity contribution is 0.388. The summed E-state index contributed by atoms with van der Waals surface area (Å²) in [5.74, 6) is 1.79. The lowest BCUT2D eigenvalue weighted by Gasteiger charge is -2.07. The molecule has 2 rings (SSSR count). The Morgan fingerprint density at radius 1 is 1.47 bits per heavy atom. The summed E-state index contributed by atoms with van der Waals surface area (Å²) in [4.78, 5) is 4.09. The first-order valence-electron chi connectivity index (χ1n) is 5.05. The number of benzene rings is 1. The average Bonchev–Trinajstić information content (AvgIpc) is 2.74. The van der Waals surface area contributed by atoms with E-state index in [-0.39, 0.29) is 0 Å². The highest BCUT2D eigenvalue weighted by Gasteiger charge is 2.04. The molecule has 0 bridgehead atoms. The topological polar surface area (TPSA) is 60.2 Å². The van der Waals surface area contributed by atoms with Gasteiger partial charge in [0.05, 0.1) is 18.7 Å². The predicted molar refractivity (Wildman–Crippen MR) is 64.4 cm³/mol. The molecule has 5 nitrogen and oxygen atoms in total. The Labute approximate surface area is 104 Å². The number of aryl methyl sites for hydroxylation is 1. The highest BCUT2D eigenvalue weighted by molar-refractivity contribution is 6.32. The molecule has 0 aliphatic heterocycles. The van der Waals surface area contributed by atoms with Crippen molar-refractivity contribution in [2.24, 2.45) is 0 Å². The molecular formula is C11H12ClN3O2. The number of hydrogen-bond acceptors (Lipinski definition) is 5. The molecule has 0 unspecified atom stereocenters. The lowest BCUT2D eigenvalue weighted by atomic mass is 10.3. The highest BCUT2D eigenvalue weighted by atomic mass is 35.5. The number of methoxy groups -OCH3 is 1. The van der Waals surface area contributed by atoms with E-state index in [1.807, 2.05) is 12.1 Å². The summed E-state index contributed by atoms with van der Waals surface area (Å²) in [7, 11) is 1.58. The highest BCUT2D eigenvalue weighted by Crippen LogP contribution is 2.27. The van der Waals surface area contributed by atoms with Gasteiger partial charge in [0.25, 0.3) is 0 Å². The molecule has 0 saturated heterocycles. The van der Waals surface area contributed by atoms with Gasteiger partial charge in [-0.15, -0.1) is 0 Å². The van der Waals surface area contributed by atoms with Crippen LogP contribution in [0, 0.1) is 6.92 Å². The van der Waals surface area contributed by atoms with E-state index in [0.29, 0.717) is 29.0 Å². The van der Waals surface area contributed by atoms with Crippen molar-refractivity contribution in [2.45, 2.75) is 13.5 Å². The zero-order valence-corrected chi connectivity index (χ0v) is 10.3. The molecule has 0 spiro atoms. The van der Waals surface area contributed by atoms with Crippen LogP contribution in [0.1, 0.15) is 11.7 Å². The number of halogens is 1. The molecule has 0 saturated carbocycles. The Hall–Kier alpha value is -1.75. The van der Waals surface area contributed by atoms with Crippen molar-refractivity contribution < 1.29 is 9.26 Å². The van der Waals surface area contributed by atoms with Gasteiger partial charge in [0, 0.05) is 18.7 Å². The van der Waals surface area contributed by atoms with Crippen LogP contribution in [0.3, 0.4) is 0 Å². The van der Waals surface area contributed by atoms with Crippen LogP contribution < -0.4 is 10.1 Å². The van der Waals surface area contributed by atoms with E-state index in [1.165, 1.54) is 0 Å². The van der Waals surface area contributed by atoms with E-state index in [2.05, 4.69) is 15.5 Å². The Balaban J connectivity index is 2.04. The Morgan fingerprint density at radius 2 is 2.29 bits per heavy atom. The molecule has 0 aliphatic carbocycles. The molecule has 17 heavy (non-hydrogen) atoms. The maximum Gasteiger partial charge on any atom is 0.223 e. The number of ether oxygens (including phenoxy) is 1. The second kappa shape index (κ2) is 5.05. The second-order valence-corrected chi connectivity index (χ2v) is 3.84. The van der Waals surface area contributed by atoms with Gasteiger partial charge in [-0.1, -0.05) is 16.8 Å². The van der Waals surface area contributed by atoms with Crippen molar-refractivity contribution in [3.05, 3.63) is 34.9 Å². The molecule has 1 aromatic heterocycles. The normalized spacial score (nSPS) is 10.3. The van der Waals surface area contributed by atoms with E-state index < -0.39 is 0 Å². The molecule has 1 N–H and O–H groups in total. The molecule has 90 valence electrons. The summed E-state index contributed by atoms with van der Waals surface area (Å²) in [5, 5.41) is 7.51. The fourth-order valence-electron chi connectivity index (χ4n) is 1.36. The summed E-state index contributed by atoms with van der Waals surface area (Å²) in [6, 6.07) is 5.44. The largest absolute Gasteiger partial charge is 0.495 e. The van der Waals surface area contributed by atoms with Gasteiger partial charge in [-0.05, 0) is 12.1 Å².